The van der Waals surface area contributed by atoms with Crippen molar-refractivity contribution in [3.8, 4) is 5.75 Å². The summed E-state index contributed by atoms with van der Waals surface area (Å²) >= 11 is 0. The maximum atomic E-state index is 11.0. The molecule has 0 unspecified atom stereocenters. The molecule has 108 valence electrons. The standard InChI is InChI=1S/C17H16O4/c1-11-7-13(3-5-15(11)17(19)20)9-14-4-6-16(21-10-18)12(2)8-14/h3-8,10H,9H2,1-2H3,(H,19,20). The summed E-state index contributed by atoms with van der Waals surface area (Å²) in [5.41, 5.74) is 4.08. The zero-order chi connectivity index (χ0) is 15.4. The smallest absolute Gasteiger partial charge is 0.335 e. The molecule has 0 aliphatic rings. The number of carboxylic acid groups (broad SMARTS) is 1. The van der Waals surface area contributed by atoms with Crippen LogP contribution < -0.4 is 4.74 Å². The molecule has 0 amide bonds. The summed E-state index contributed by atoms with van der Waals surface area (Å²) in [4.78, 5) is 21.3. The van der Waals surface area contributed by atoms with Gasteiger partial charge in [-0.05, 0) is 54.7 Å². The molecule has 4 nitrogen and oxygen atoms in total. The average molecular weight is 284 g/mol. The summed E-state index contributed by atoms with van der Waals surface area (Å²) in [6.07, 6.45) is 0.697. The number of carbonyl (C=O) groups is 2. The molecule has 2 aromatic rings. The van der Waals surface area contributed by atoms with Crippen LogP contribution in [0.4, 0.5) is 0 Å². The number of carbonyl (C=O) groups excluding carboxylic acids is 1. The van der Waals surface area contributed by atoms with Gasteiger partial charge in [-0.25, -0.2) is 4.79 Å². The van der Waals surface area contributed by atoms with E-state index in [1.807, 2.05) is 31.2 Å². The molecule has 0 spiro atoms. The van der Waals surface area contributed by atoms with E-state index in [1.54, 1.807) is 19.1 Å². The Balaban J connectivity index is 2.22. The topological polar surface area (TPSA) is 63.6 Å². The summed E-state index contributed by atoms with van der Waals surface area (Å²) in [5, 5.41) is 9.02. The highest BCUT2D eigenvalue weighted by Gasteiger charge is 2.08. The molecular formula is C17H16O4. The number of aryl methyl sites for hydroxylation is 2. The average Bonchev–Trinajstić information content (AvgIpc) is 2.41. The first-order chi connectivity index (χ1) is 10.0. The SMILES string of the molecule is Cc1cc(Cc2ccc(C(=O)O)c(C)c2)ccc1OC=O. The number of hydrogen-bond donors (Lipinski definition) is 1. The van der Waals surface area contributed by atoms with Crippen molar-refractivity contribution in [1.29, 1.82) is 0 Å². The molecule has 0 radical (unpaired) electrons. The van der Waals surface area contributed by atoms with Crippen LogP contribution in [0.2, 0.25) is 0 Å². The van der Waals surface area contributed by atoms with Gasteiger partial charge in [-0.1, -0.05) is 24.3 Å². The summed E-state index contributed by atoms with van der Waals surface area (Å²) in [7, 11) is 0. The lowest BCUT2D eigenvalue weighted by Gasteiger charge is -2.08. The largest absolute Gasteiger partial charge is 0.478 e. The molecule has 21 heavy (non-hydrogen) atoms. The van der Waals surface area contributed by atoms with Gasteiger partial charge in [0.1, 0.15) is 5.75 Å². The number of aromatic carboxylic acids is 1. The van der Waals surface area contributed by atoms with Gasteiger partial charge in [0.2, 0.25) is 0 Å². The van der Waals surface area contributed by atoms with Crippen molar-refractivity contribution in [3.63, 3.8) is 0 Å². The molecule has 4 heteroatoms. The van der Waals surface area contributed by atoms with Gasteiger partial charge in [-0.15, -0.1) is 0 Å². The van der Waals surface area contributed by atoms with Crippen molar-refractivity contribution >= 4 is 12.4 Å². The molecule has 0 saturated heterocycles. The molecule has 0 heterocycles. The van der Waals surface area contributed by atoms with Crippen molar-refractivity contribution in [3.05, 3.63) is 64.2 Å². The molecule has 0 aliphatic heterocycles. The van der Waals surface area contributed by atoms with E-state index in [0.29, 0.717) is 24.2 Å². The summed E-state index contributed by atoms with van der Waals surface area (Å²) in [5.74, 6) is -0.364. The normalized spacial score (nSPS) is 10.2. The zero-order valence-electron chi connectivity index (χ0n) is 11.9. The zero-order valence-corrected chi connectivity index (χ0v) is 11.9. The molecule has 0 atom stereocenters. The number of carboxylic acids is 1. The van der Waals surface area contributed by atoms with Crippen LogP contribution >= 0.6 is 0 Å². The minimum absolute atomic E-state index is 0.324. The first kappa shape index (κ1) is 14.8. The third-order valence-corrected chi connectivity index (χ3v) is 3.34. The van der Waals surface area contributed by atoms with Crippen LogP contribution in [0, 0.1) is 13.8 Å². The lowest BCUT2D eigenvalue weighted by atomic mass is 9.99. The highest BCUT2D eigenvalue weighted by atomic mass is 16.5. The minimum atomic E-state index is -0.912. The second-order valence-electron chi connectivity index (χ2n) is 4.95. The van der Waals surface area contributed by atoms with E-state index in [2.05, 4.69) is 0 Å². The van der Waals surface area contributed by atoms with Gasteiger partial charge in [0.25, 0.3) is 6.47 Å². The van der Waals surface area contributed by atoms with Crippen LogP contribution in [0.5, 0.6) is 5.75 Å². The Morgan fingerprint density at radius 2 is 1.71 bits per heavy atom. The second kappa shape index (κ2) is 6.22. The molecule has 0 fully saturated rings. The van der Waals surface area contributed by atoms with Gasteiger partial charge in [0, 0.05) is 0 Å². The predicted octanol–water partition coefficient (Wildman–Crippen LogP) is 3.13. The predicted molar refractivity (Wildman–Crippen MR) is 78.8 cm³/mol. The highest BCUT2D eigenvalue weighted by molar-refractivity contribution is 5.89. The fraction of sp³-hybridized carbons (Fsp3) is 0.176. The minimum Gasteiger partial charge on any atom is -0.478 e. The summed E-state index contributed by atoms with van der Waals surface area (Å²) in [6, 6.07) is 10.9. The van der Waals surface area contributed by atoms with Gasteiger partial charge in [-0.2, -0.15) is 0 Å². The molecule has 0 saturated carbocycles. The third kappa shape index (κ3) is 3.48. The van der Waals surface area contributed by atoms with Crippen molar-refractivity contribution in [2.24, 2.45) is 0 Å². The van der Waals surface area contributed by atoms with Crippen molar-refractivity contribution < 1.29 is 19.4 Å². The van der Waals surface area contributed by atoms with Gasteiger partial charge in [0.05, 0.1) is 5.56 Å². The lowest BCUT2D eigenvalue weighted by molar-refractivity contribution is -0.120. The van der Waals surface area contributed by atoms with E-state index < -0.39 is 5.97 Å². The Morgan fingerprint density at radius 3 is 2.24 bits per heavy atom. The maximum absolute atomic E-state index is 11.0. The Bertz CT molecular complexity index is 689. The number of hydrogen-bond acceptors (Lipinski definition) is 3. The Labute approximate surface area is 123 Å². The first-order valence-corrected chi connectivity index (χ1v) is 6.54. The van der Waals surface area contributed by atoms with E-state index in [-0.39, 0.29) is 0 Å². The van der Waals surface area contributed by atoms with Gasteiger partial charge in [0.15, 0.2) is 0 Å². The Morgan fingerprint density at radius 1 is 1.10 bits per heavy atom. The van der Waals surface area contributed by atoms with Gasteiger partial charge < -0.3 is 9.84 Å². The first-order valence-electron chi connectivity index (χ1n) is 6.54. The Hall–Kier alpha value is -2.62. The molecule has 0 bridgehead atoms. The number of rotatable bonds is 5. The maximum Gasteiger partial charge on any atom is 0.335 e. The molecule has 0 aliphatic carbocycles. The third-order valence-electron chi connectivity index (χ3n) is 3.34. The summed E-state index contributed by atoms with van der Waals surface area (Å²) in [6.45, 7) is 4.08. The van der Waals surface area contributed by atoms with Crippen LogP contribution in [0.3, 0.4) is 0 Å². The highest BCUT2D eigenvalue weighted by Crippen LogP contribution is 2.21. The number of ether oxygens (including phenoxy) is 1. The fourth-order valence-corrected chi connectivity index (χ4v) is 2.32. The monoisotopic (exact) mass is 284 g/mol. The van der Waals surface area contributed by atoms with E-state index in [4.69, 9.17) is 9.84 Å². The molecule has 2 rings (SSSR count). The van der Waals surface area contributed by atoms with Crippen molar-refractivity contribution in [2.75, 3.05) is 0 Å². The van der Waals surface area contributed by atoms with E-state index >= 15 is 0 Å². The van der Waals surface area contributed by atoms with Gasteiger partial charge in [-0.3, -0.25) is 4.79 Å². The molecular weight excluding hydrogens is 268 g/mol. The number of benzene rings is 2. The summed E-state index contributed by atoms with van der Waals surface area (Å²) < 4.78 is 4.86. The van der Waals surface area contributed by atoms with E-state index in [9.17, 15) is 9.59 Å². The van der Waals surface area contributed by atoms with Crippen LogP contribution in [0.15, 0.2) is 36.4 Å². The molecule has 2 aromatic carbocycles. The fourth-order valence-electron chi connectivity index (χ4n) is 2.32. The molecule has 0 aromatic heterocycles. The Kier molecular flexibility index (Phi) is 4.38. The van der Waals surface area contributed by atoms with E-state index in [1.165, 1.54) is 0 Å². The lowest BCUT2D eigenvalue weighted by Crippen LogP contribution is -2.01. The van der Waals surface area contributed by atoms with Crippen LogP contribution in [-0.4, -0.2) is 17.5 Å². The second-order valence-corrected chi connectivity index (χ2v) is 4.95. The van der Waals surface area contributed by atoms with Crippen molar-refractivity contribution in [2.45, 2.75) is 20.3 Å². The molecule has 1 N–H and O–H groups in total. The van der Waals surface area contributed by atoms with Crippen LogP contribution in [0.25, 0.3) is 0 Å². The van der Waals surface area contributed by atoms with E-state index in [0.717, 1.165) is 22.3 Å². The van der Waals surface area contributed by atoms with Crippen LogP contribution in [-0.2, 0) is 11.2 Å². The quantitative estimate of drug-likeness (QED) is 0.857. The van der Waals surface area contributed by atoms with Crippen molar-refractivity contribution in [1.82, 2.24) is 0 Å². The van der Waals surface area contributed by atoms with Crippen LogP contribution in [0.1, 0.15) is 32.6 Å². The van der Waals surface area contributed by atoms with Gasteiger partial charge >= 0.3 is 5.97 Å².